The average Bonchev–Trinajstić information content (AvgIpc) is 3.17. The van der Waals surface area contributed by atoms with Crippen molar-refractivity contribution >= 4 is 29.3 Å². The highest BCUT2D eigenvalue weighted by molar-refractivity contribution is 6.31. The van der Waals surface area contributed by atoms with Crippen molar-refractivity contribution in [2.24, 2.45) is 0 Å². The molecule has 2 N–H and O–H groups in total. The van der Waals surface area contributed by atoms with Crippen LogP contribution in [-0.4, -0.2) is 39.8 Å². The van der Waals surface area contributed by atoms with E-state index in [9.17, 15) is 18.8 Å². The van der Waals surface area contributed by atoms with Gasteiger partial charge in [0.15, 0.2) is 11.4 Å². The Morgan fingerprint density at radius 2 is 1.91 bits per heavy atom. The van der Waals surface area contributed by atoms with Gasteiger partial charge in [-0.25, -0.2) is 18.3 Å². The third kappa shape index (κ3) is 3.73. The predicted octanol–water partition coefficient (Wildman–Crippen LogP) is 3.85. The molecule has 1 saturated heterocycles. The SMILES string of the molecule is O=C1Nc2ccc(Cl)c(F)c2[C@@]2(CCCN(C(=O)c3c[nH]n(Cc4ccc(F)cc4)c3=O)C2)O1. The summed E-state index contributed by atoms with van der Waals surface area (Å²) in [4.78, 5) is 39.7. The predicted molar refractivity (Wildman–Crippen MR) is 119 cm³/mol. The standard InChI is InChI=1S/C23H19ClF2N4O4/c24-16-6-7-17-18(19(16)26)23(34-22(33)28-17)8-1-9-29(12-23)20(31)15-10-27-30(21(15)32)11-13-2-4-14(25)5-3-13/h2-7,10,27H,1,8-9,11-12H2,(H,28,33)/t23-/m0/s1. The molecule has 0 radical (unpaired) electrons. The summed E-state index contributed by atoms with van der Waals surface area (Å²) in [7, 11) is 0. The molecule has 5 rings (SSSR count). The number of nitrogens with one attached hydrogen (secondary N) is 2. The fraction of sp³-hybridized carbons (Fsp3) is 0.261. The molecule has 1 aromatic heterocycles. The number of halogens is 3. The van der Waals surface area contributed by atoms with Gasteiger partial charge in [0.1, 0.15) is 11.4 Å². The van der Waals surface area contributed by atoms with E-state index in [0.29, 0.717) is 18.5 Å². The van der Waals surface area contributed by atoms with Crippen LogP contribution in [0.1, 0.15) is 34.3 Å². The topological polar surface area (TPSA) is 96.4 Å². The van der Waals surface area contributed by atoms with Gasteiger partial charge in [-0.15, -0.1) is 0 Å². The minimum Gasteiger partial charge on any atom is -0.436 e. The van der Waals surface area contributed by atoms with Crippen molar-refractivity contribution in [3.63, 3.8) is 0 Å². The second-order valence-electron chi connectivity index (χ2n) is 8.33. The van der Waals surface area contributed by atoms with Crippen LogP contribution in [0.3, 0.4) is 0 Å². The molecule has 1 spiro atoms. The van der Waals surface area contributed by atoms with E-state index < -0.39 is 34.8 Å². The number of likely N-dealkylation sites (tertiary alicyclic amines) is 1. The molecule has 2 aliphatic rings. The van der Waals surface area contributed by atoms with Crippen LogP contribution >= 0.6 is 11.6 Å². The number of aromatic amines is 1. The first kappa shape index (κ1) is 22.1. The van der Waals surface area contributed by atoms with Crippen molar-refractivity contribution in [3.8, 4) is 0 Å². The number of nitrogens with zero attached hydrogens (tertiary/aromatic N) is 2. The van der Waals surface area contributed by atoms with Gasteiger partial charge < -0.3 is 14.7 Å². The summed E-state index contributed by atoms with van der Waals surface area (Å²) in [6, 6.07) is 8.48. The Balaban J connectivity index is 1.43. The highest BCUT2D eigenvalue weighted by Gasteiger charge is 2.48. The van der Waals surface area contributed by atoms with E-state index in [-0.39, 0.29) is 41.3 Å². The van der Waals surface area contributed by atoms with Gasteiger partial charge in [0, 0.05) is 12.7 Å². The van der Waals surface area contributed by atoms with Gasteiger partial charge in [0.2, 0.25) is 0 Å². The Morgan fingerprint density at radius 3 is 2.68 bits per heavy atom. The van der Waals surface area contributed by atoms with E-state index in [1.807, 2.05) is 0 Å². The summed E-state index contributed by atoms with van der Waals surface area (Å²) in [5.41, 5.74) is -1.09. The molecule has 2 amide bonds. The van der Waals surface area contributed by atoms with Crippen molar-refractivity contribution in [2.75, 3.05) is 18.4 Å². The number of aromatic nitrogens is 2. The zero-order valence-electron chi connectivity index (χ0n) is 17.7. The van der Waals surface area contributed by atoms with Gasteiger partial charge >= 0.3 is 6.09 Å². The number of piperidine rings is 1. The normalized spacial score (nSPS) is 19.5. The van der Waals surface area contributed by atoms with Crippen LogP contribution < -0.4 is 10.9 Å². The Labute approximate surface area is 197 Å². The average molecular weight is 489 g/mol. The number of H-pyrrole nitrogens is 1. The van der Waals surface area contributed by atoms with Crippen LogP contribution in [0.5, 0.6) is 0 Å². The number of carbonyl (C=O) groups is 2. The lowest BCUT2D eigenvalue weighted by molar-refractivity contribution is -0.0418. The molecule has 34 heavy (non-hydrogen) atoms. The molecular weight excluding hydrogens is 470 g/mol. The molecule has 2 aliphatic heterocycles. The summed E-state index contributed by atoms with van der Waals surface area (Å²) in [6.07, 6.45) is 1.25. The summed E-state index contributed by atoms with van der Waals surface area (Å²) < 4.78 is 35.0. The van der Waals surface area contributed by atoms with Crippen molar-refractivity contribution in [1.29, 1.82) is 0 Å². The third-order valence-corrected chi connectivity index (χ3v) is 6.43. The van der Waals surface area contributed by atoms with E-state index in [1.54, 1.807) is 12.1 Å². The van der Waals surface area contributed by atoms with E-state index in [2.05, 4.69) is 10.4 Å². The lowest BCUT2D eigenvalue weighted by Crippen LogP contribution is -2.54. The van der Waals surface area contributed by atoms with Gasteiger partial charge in [0.25, 0.3) is 11.5 Å². The second-order valence-corrected chi connectivity index (χ2v) is 8.74. The number of fused-ring (bicyclic) bond motifs is 2. The zero-order valence-corrected chi connectivity index (χ0v) is 18.5. The fourth-order valence-electron chi connectivity index (χ4n) is 4.57. The molecule has 1 fully saturated rings. The van der Waals surface area contributed by atoms with Crippen LogP contribution in [0.4, 0.5) is 19.3 Å². The van der Waals surface area contributed by atoms with Crippen LogP contribution in [0.15, 0.2) is 47.4 Å². The molecule has 11 heteroatoms. The largest absolute Gasteiger partial charge is 0.436 e. The number of carbonyl (C=O) groups excluding carboxylic acids is 2. The monoisotopic (exact) mass is 488 g/mol. The highest BCUT2D eigenvalue weighted by atomic mass is 35.5. The zero-order chi connectivity index (χ0) is 24.0. The molecule has 0 aliphatic carbocycles. The molecule has 8 nitrogen and oxygen atoms in total. The number of rotatable bonds is 3. The van der Waals surface area contributed by atoms with E-state index in [1.165, 1.54) is 40.0 Å². The Hall–Kier alpha value is -3.66. The van der Waals surface area contributed by atoms with Gasteiger partial charge in [-0.05, 0) is 42.7 Å². The second kappa shape index (κ2) is 8.28. The Bertz CT molecular complexity index is 1350. The number of amides is 2. The number of benzene rings is 2. The first-order chi connectivity index (χ1) is 16.3. The maximum absolute atomic E-state index is 15.0. The molecular formula is C23H19ClF2N4O4. The fourth-order valence-corrected chi connectivity index (χ4v) is 4.73. The number of anilines is 1. The third-order valence-electron chi connectivity index (χ3n) is 6.14. The molecule has 0 saturated carbocycles. The van der Waals surface area contributed by atoms with E-state index >= 15 is 4.39 Å². The maximum Gasteiger partial charge on any atom is 0.412 e. The van der Waals surface area contributed by atoms with Crippen molar-refractivity contribution < 1.29 is 23.1 Å². The summed E-state index contributed by atoms with van der Waals surface area (Å²) in [6.45, 7) is 0.286. The molecule has 0 unspecified atom stereocenters. The Morgan fingerprint density at radius 1 is 1.15 bits per heavy atom. The van der Waals surface area contributed by atoms with E-state index in [0.717, 1.165) is 0 Å². The lowest BCUT2D eigenvalue weighted by Gasteiger charge is -2.45. The molecule has 2 aromatic carbocycles. The van der Waals surface area contributed by atoms with Crippen molar-refractivity contribution in [3.05, 3.63) is 86.3 Å². The van der Waals surface area contributed by atoms with Crippen molar-refractivity contribution in [2.45, 2.75) is 25.0 Å². The van der Waals surface area contributed by atoms with Crippen LogP contribution in [-0.2, 0) is 16.9 Å². The molecule has 0 bridgehead atoms. The summed E-state index contributed by atoms with van der Waals surface area (Å²) in [5.74, 6) is -1.69. The van der Waals surface area contributed by atoms with Crippen LogP contribution in [0, 0.1) is 11.6 Å². The van der Waals surface area contributed by atoms with Crippen molar-refractivity contribution in [1.82, 2.24) is 14.7 Å². The van der Waals surface area contributed by atoms with Crippen LogP contribution in [0.25, 0.3) is 0 Å². The number of hydrogen-bond acceptors (Lipinski definition) is 4. The minimum atomic E-state index is -1.43. The smallest absolute Gasteiger partial charge is 0.412 e. The molecule has 3 aromatic rings. The van der Waals surface area contributed by atoms with Gasteiger partial charge in [-0.1, -0.05) is 23.7 Å². The van der Waals surface area contributed by atoms with Gasteiger partial charge in [-0.2, -0.15) is 0 Å². The maximum atomic E-state index is 15.0. The molecule has 176 valence electrons. The van der Waals surface area contributed by atoms with Gasteiger partial charge in [0.05, 0.1) is 29.4 Å². The van der Waals surface area contributed by atoms with Gasteiger partial charge in [-0.3, -0.25) is 14.9 Å². The first-order valence-corrected chi connectivity index (χ1v) is 11.0. The summed E-state index contributed by atoms with van der Waals surface area (Å²) >= 11 is 5.99. The summed E-state index contributed by atoms with van der Waals surface area (Å²) in [5, 5.41) is 5.10. The Kier molecular flexibility index (Phi) is 5.40. The number of hydrogen-bond donors (Lipinski definition) is 2. The molecule has 3 heterocycles. The molecule has 1 atom stereocenters. The lowest BCUT2D eigenvalue weighted by atomic mass is 9.83. The highest BCUT2D eigenvalue weighted by Crippen LogP contribution is 2.45. The number of ether oxygens (including phenoxy) is 1. The van der Waals surface area contributed by atoms with E-state index in [4.69, 9.17) is 16.3 Å². The minimum absolute atomic E-state index is 0.0832. The van der Waals surface area contributed by atoms with Crippen LogP contribution in [0.2, 0.25) is 5.02 Å². The quantitative estimate of drug-likeness (QED) is 0.585. The first-order valence-electron chi connectivity index (χ1n) is 10.6.